The molecule has 2 aliphatic rings. The van der Waals surface area contributed by atoms with Crippen molar-refractivity contribution in [2.45, 2.75) is 25.3 Å². The highest BCUT2D eigenvalue weighted by atomic mass is 79.9. The van der Waals surface area contributed by atoms with Gasteiger partial charge in [-0.05, 0) is 35.3 Å². The third-order valence-electron chi connectivity index (χ3n) is 4.94. The summed E-state index contributed by atoms with van der Waals surface area (Å²) in [7, 11) is 0. The maximum Gasteiger partial charge on any atom is 0.224 e. The quantitative estimate of drug-likeness (QED) is 0.827. The van der Waals surface area contributed by atoms with Crippen LogP contribution in [0.5, 0.6) is 0 Å². The molecule has 2 N–H and O–H groups in total. The number of amides is 1. The summed E-state index contributed by atoms with van der Waals surface area (Å²) >= 11 is 3.61. The van der Waals surface area contributed by atoms with Crippen LogP contribution in [0.1, 0.15) is 19.3 Å². The van der Waals surface area contributed by atoms with Crippen molar-refractivity contribution >= 4 is 38.6 Å². The Morgan fingerprint density at radius 1 is 1.29 bits per heavy atom. The minimum absolute atomic E-state index is 0.274. The molecule has 0 saturated carbocycles. The van der Waals surface area contributed by atoms with E-state index in [2.05, 4.69) is 41.3 Å². The number of fused-ring (bicyclic) bond motifs is 1. The molecule has 1 unspecified atom stereocenters. The van der Waals surface area contributed by atoms with Gasteiger partial charge in [-0.15, -0.1) is 0 Å². The molecule has 2 fully saturated rings. The third kappa shape index (κ3) is 3.00. The van der Waals surface area contributed by atoms with Crippen molar-refractivity contribution in [1.82, 2.24) is 25.4 Å². The number of aromatic amines is 1. The van der Waals surface area contributed by atoms with E-state index >= 15 is 0 Å². The van der Waals surface area contributed by atoms with Gasteiger partial charge >= 0.3 is 0 Å². The first kappa shape index (κ1) is 15.8. The Bertz CT molecular complexity index is 733. The van der Waals surface area contributed by atoms with Crippen LogP contribution in [0.4, 0.5) is 5.69 Å². The number of aromatic nitrogens is 3. The lowest BCUT2D eigenvalue weighted by atomic mass is 10.1. The number of halogens is 1. The van der Waals surface area contributed by atoms with E-state index in [1.807, 2.05) is 11.1 Å². The first-order valence-electron chi connectivity index (χ1n) is 8.46. The molecule has 0 bridgehead atoms. The SMILES string of the molecule is O=C(CC1CCCN1)N1CCN(c2c(Br)cnc3[nH]ncc23)CC1. The van der Waals surface area contributed by atoms with Crippen molar-refractivity contribution in [1.29, 1.82) is 0 Å². The zero-order valence-corrected chi connectivity index (χ0v) is 15.0. The highest BCUT2D eigenvalue weighted by molar-refractivity contribution is 9.10. The van der Waals surface area contributed by atoms with Gasteiger partial charge in [-0.25, -0.2) is 4.98 Å². The highest BCUT2D eigenvalue weighted by Gasteiger charge is 2.26. The molecule has 1 amide bonds. The molecular weight excluding hydrogens is 372 g/mol. The van der Waals surface area contributed by atoms with Gasteiger partial charge in [0.15, 0.2) is 5.65 Å². The Kier molecular flexibility index (Phi) is 4.41. The van der Waals surface area contributed by atoms with E-state index in [1.165, 1.54) is 6.42 Å². The van der Waals surface area contributed by atoms with Crippen molar-refractivity contribution in [3.63, 3.8) is 0 Å². The first-order chi connectivity index (χ1) is 11.7. The number of anilines is 1. The molecular formula is C16H21BrN6O. The smallest absolute Gasteiger partial charge is 0.224 e. The largest absolute Gasteiger partial charge is 0.366 e. The van der Waals surface area contributed by atoms with Crippen LogP contribution in [-0.2, 0) is 4.79 Å². The van der Waals surface area contributed by atoms with Gasteiger partial charge in [-0.3, -0.25) is 9.89 Å². The van der Waals surface area contributed by atoms with E-state index in [0.717, 1.165) is 60.3 Å². The van der Waals surface area contributed by atoms with Crippen LogP contribution < -0.4 is 10.2 Å². The zero-order valence-electron chi connectivity index (χ0n) is 13.5. The predicted octanol–water partition coefficient (Wildman–Crippen LogP) is 1.51. The molecule has 0 radical (unpaired) electrons. The highest BCUT2D eigenvalue weighted by Crippen LogP contribution is 2.33. The Morgan fingerprint density at radius 2 is 2.12 bits per heavy atom. The minimum atomic E-state index is 0.274. The van der Waals surface area contributed by atoms with Gasteiger partial charge in [0.2, 0.25) is 5.91 Å². The van der Waals surface area contributed by atoms with Crippen molar-refractivity contribution in [3.05, 3.63) is 16.9 Å². The van der Waals surface area contributed by atoms with E-state index < -0.39 is 0 Å². The summed E-state index contributed by atoms with van der Waals surface area (Å²) < 4.78 is 0.964. The Balaban J connectivity index is 1.43. The van der Waals surface area contributed by atoms with E-state index in [0.29, 0.717) is 12.5 Å². The van der Waals surface area contributed by atoms with Crippen LogP contribution in [0.2, 0.25) is 0 Å². The number of nitrogens with one attached hydrogen (secondary N) is 2. The van der Waals surface area contributed by atoms with Crippen molar-refractivity contribution in [2.24, 2.45) is 0 Å². The summed E-state index contributed by atoms with van der Waals surface area (Å²) in [5, 5.41) is 11.4. The molecule has 1 atom stereocenters. The molecule has 0 aromatic carbocycles. The second-order valence-corrected chi connectivity index (χ2v) is 7.31. The van der Waals surface area contributed by atoms with E-state index in [9.17, 15) is 4.79 Å². The molecule has 4 heterocycles. The standard InChI is InChI=1S/C16H21BrN6O/c17-13-10-19-16-12(9-20-21-16)15(13)23-6-4-22(5-7-23)14(24)8-11-2-1-3-18-11/h9-11,18H,1-8H2,(H,19,20,21). The summed E-state index contributed by atoms with van der Waals surface area (Å²) in [4.78, 5) is 21.1. The van der Waals surface area contributed by atoms with Crippen molar-refractivity contribution < 1.29 is 4.79 Å². The molecule has 7 nitrogen and oxygen atoms in total. The number of hydrogen-bond acceptors (Lipinski definition) is 5. The van der Waals surface area contributed by atoms with Crippen LogP contribution in [0.15, 0.2) is 16.9 Å². The summed E-state index contributed by atoms with van der Waals surface area (Å²) in [6, 6.07) is 0.371. The normalized spacial score (nSPS) is 21.6. The zero-order chi connectivity index (χ0) is 16.5. The number of carbonyl (C=O) groups is 1. The summed E-state index contributed by atoms with van der Waals surface area (Å²) in [5.74, 6) is 0.274. The van der Waals surface area contributed by atoms with Gasteiger partial charge in [0.1, 0.15) is 0 Å². The van der Waals surface area contributed by atoms with Gasteiger partial charge in [-0.1, -0.05) is 0 Å². The molecule has 4 rings (SSSR count). The second kappa shape index (κ2) is 6.68. The molecule has 128 valence electrons. The maximum atomic E-state index is 12.5. The second-order valence-electron chi connectivity index (χ2n) is 6.45. The number of pyridine rings is 1. The summed E-state index contributed by atoms with van der Waals surface area (Å²) in [5.41, 5.74) is 1.90. The van der Waals surface area contributed by atoms with Crippen LogP contribution in [0.3, 0.4) is 0 Å². The first-order valence-corrected chi connectivity index (χ1v) is 9.25. The lowest BCUT2D eigenvalue weighted by molar-refractivity contribution is -0.131. The number of H-pyrrole nitrogens is 1. The molecule has 2 aromatic heterocycles. The molecule has 0 spiro atoms. The number of rotatable bonds is 3. The number of carbonyl (C=O) groups excluding carboxylic acids is 1. The fraction of sp³-hybridized carbons (Fsp3) is 0.562. The van der Waals surface area contributed by atoms with E-state index in [1.54, 1.807) is 6.20 Å². The van der Waals surface area contributed by atoms with Crippen LogP contribution >= 0.6 is 15.9 Å². The Labute approximate surface area is 148 Å². The van der Waals surface area contributed by atoms with E-state index in [-0.39, 0.29) is 5.91 Å². The van der Waals surface area contributed by atoms with Crippen molar-refractivity contribution in [2.75, 3.05) is 37.6 Å². The van der Waals surface area contributed by atoms with Gasteiger partial charge < -0.3 is 15.1 Å². The monoisotopic (exact) mass is 392 g/mol. The molecule has 0 aliphatic carbocycles. The molecule has 2 saturated heterocycles. The maximum absolute atomic E-state index is 12.5. The summed E-state index contributed by atoms with van der Waals surface area (Å²) in [6.45, 7) is 4.22. The fourth-order valence-corrected chi connectivity index (χ4v) is 4.20. The average Bonchev–Trinajstić information content (AvgIpc) is 3.26. The fourth-order valence-electron chi connectivity index (χ4n) is 3.63. The van der Waals surface area contributed by atoms with Crippen LogP contribution in [0.25, 0.3) is 11.0 Å². The number of nitrogens with zero attached hydrogens (tertiary/aromatic N) is 4. The predicted molar refractivity (Wildman–Crippen MR) is 96.0 cm³/mol. The lowest BCUT2D eigenvalue weighted by Gasteiger charge is -2.37. The lowest BCUT2D eigenvalue weighted by Crippen LogP contribution is -2.49. The van der Waals surface area contributed by atoms with Gasteiger partial charge in [0.05, 0.1) is 21.7 Å². The summed E-state index contributed by atoms with van der Waals surface area (Å²) in [6.07, 6.45) is 6.55. The molecule has 2 aromatic rings. The number of hydrogen-bond donors (Lipinski definition) is 2. The van der Waals surface area contributed by atoms with Crippen LogP contribution in [-0.4, -0.2) is 64.8 Å². The Hall–Kier alpha value is -1.67. The molecule has 24 heavy (non-hydrogen) atoms. The topological polar surface area (TPSA) is 77.2 Å². The molecule has 8 heteroatoms. The number of piperazine rings is 1. The van der Waals surface area contributed by atoms with E-state index in [4.69, 9.17) is 0 Å². The van der Waals surface area contributed by atoms with Crippen LogP contribution in [0, 0.1) is 0 Å². The van der Waals surface area contributed by atoms with Crippen molar-refractivity contribution in [3.8, 4) is 0 Å². The van der Waals surface area contributed by atoms with Gasteiger partial charge in [0, 0.05) is 44.8 Å². The minimum Gasteiger partial charge on any atom is -0.366 e. The average molecular weight is 393 g/mol. The van der Waals surface area contributed by atoms with Gasteiger partial charge in [-0.2, -0.15) is 5.10 Å². The Morgan fingerprint density at radius 3 is 2.88 bits per heavy atom. The van der Waals surface area contributed by atoms with Gasteiger partial charge in [0.25, 0.3) is 0 Å². The third-order valence-corrected chi connectivity index (χ3v) is 5.52. The molecule has 2 aliphatic heterocycles.